The number of hydrogen-bond donors (Lipinski definition) is 1. The molecule has 2 heterocycles. The number of rotatable bonds is 2. The third-order valence-electron chi connectivity index (χ3n) is 3.18. The molecule has 0 radical (unpaired) electrons. The Morgan fingerprint density at radius 3 is 2.74 bits per heavy atom. The smallest absolute Gasteiger partial charge is 0.184 e. The van der Waals surface area contributed by atoms with Gasteiger partial charge >= 0.3 is 0 Å². The summed E-state index contributed by atoms with van der Waals surface area (Å²) < 4.78 is 7.23. The van der Waals surface area contributed by atoms with Crippen LogP contribution in [0.3, 0.4) is 0 Å². The number of anilines is 1. The van der Waals surface area contributed by atoms with E-state index in [9.17, 15) is 0 Å². The number of aryl methyl sites for hydroxylation is 1. The molecule has 0 saturated carbocycles. The molecule has 96 valence electrons. The second-order valence-corrected chi connectivity index (χ2v) is 4.33. The summed E-state index contributed by atoms with van der Waals surface area (Å²) in [6.07, 6.45) is 1.92. The van der Waals surface area contributed by atoms with Gasteiger partial charge in [-0.15, -0.1) is 10.2 Å². The molecule has 19 heavy (non-hydrogen) atoms. The molecule has 5 nitrogen and oxygen atoms in total. The third-order valence-corrected chi connectivity index (χ3v) is 3.18. The number of pyridine rings is 1. The van der Waals surface area contributed by atoms with E-state index in [0.29, 0.717) is 11.3 Å². The zero-order valence-corrected chi connectivity index (χ0v) is 10.8. The molecule has 5 heteroatoms. The lowest BCUT2D eigenvalue weighted by Gasteiger charge is -2.07. The van der Waals surface area contributed by atoms with Crippen LogP contribution in [-0.4, -0.2) is 21.7 Å². The van der Waals surface area contributed by atoms with Crippen LogP contribution in [0.25, 0.3) is 17.0 Å². The van der Waals surface area contributed by atoms with Gasteiger partial charge in [-0.2, -0.15) is 0 Å². The number of para-hydroxylation sites is 1. The molecule has 2 N–H and O–H groups in total. The number of hydrogen-bond acceptors (Lipinski definition) is 4. The van der Waals surface area contributed by atoms with Crippen LogP contribution in [0.5, 0.6) is 5.75 Å². The average molecular weight is 254 g/mol. The summed E-state index contributed by atoms with van der Waals surface area (Å²) >= 11 is 0. The van der Waals surface area contributed by atoms with Gasteiger partial charge in [-0.1, -0.05) is 12.1 Å². The van der Waals surface area contributed by atoms with Gasteiger partial charge in [0.25, 0.3) is 0 Å². The normalized spacial score (nSPS) is 10.8. The molecule has 0 aliphatic carbocycles. The van der Waals surface area contributed by atoms with Gasteiger partial charge in [-0.05, 0) is 30.7 Å². The Labute approximate surface area is 110 Å². The zero-order chi connectivity index (χ0) is 13.4. The van der Waals surface area contributed by atoms with Crippen LogP contribution in [-0.2, 0) is 0 Å². The molecule has 0 saturated heterocycles. The Balaban J connectivity index is 2.29. The maximum Gasteiger partial charge on any atom is 0.184 e. The van der Waals surface area contributed by atoms with Crippen LogP contribution in [0.4, 0.5) is 5.69 Å². The average Bonchev–Trinajstić information content (AvgIpc) is 2.87. The number of nitrogen functional groups attached to an aromatic ring is 1. The van der Waals surface area contributed by atoms with Crippen molar-refractivity contribution in [1.82, 2.24) is 14.6 Å². The van der Waals surface area contributed by atoms with Crippen molar-refractivity contribution in [2.24, 2.45) is 0 Å². The standard InChI is InChI=1S/C14H14N4O/c1-9-7-8-18-13(16-17-14(18)12(9)15)10-5-3-4-6-11(10)19-2/h3-8H,15H2,1-2H3. The van der Waals surface area contributed by atoms with Crippen LogP contribution >= 0.6 is 0 Å². The highest BCUT2D eigenvalue weighted by atomic mass is 16.5. The van der Waals surface area contributed by atoms with Crippen molar-refractivity contribution in [3.8, 4) is 17.1 Å². The lowest BCUT2D eigenvalue weighted by Crippen LogP contribution is -1.97. The third kappa shape index (κ3) is 1.71. The maximum absolute atomic E-state index is 6.03. The lowest BCUT2D eigenvalue weighted by molar-refractivity contribution is 0.416. The summed E-state index contributed by atoms with van der Waals surface area (Å²) in [7, 11) is 1.64. The quantitative estimate of drug-likeness (QED) is 0.762. The number of fused-ring (bicyclic) bond motifs is 1. The van der Waals surface area contributed by atoms with Gasteiger partial charge in [0, 0.05) is 6.20 Å². The van der Waals surface area contributed by atoms with Crippen molar-refractivity contribution < 1.29 is 4.74 Å². The topological polar surface area (TPSA) is 65.4 Å². The summed E-state index contributed by atoms with van der Waals surface area (Å²) in [5.74, 6) is 1.48. The number of nitrogens with zero attached hydrogens (tertiary/aromatic N) is 3. The molecule has 0 aliphatic heterocycles. The van der Waals surface area contributed by atoms with Crippen molar-refractivity contribution in [2.75, 3.05) is 12.8 Å². The van der Waals surface area contributed by atoms with E-state index >= 15 is 0 Å². The van der Waals surface area contributed by atoms with Crippen LogP contribution < -0.4 is 10.5 Å². The highest BCUT2D eigenvalue weighted by Crippen LogP contribution is 2.29. The molecule has 0 aliphatic rings. The maximum atomic E-state index is 6.03. The van der Waals surface area contributed by atoms with Crippen LogP contribution in [0, 0.1) is 6.92 Å². The lowest BCUT2D eigenvalue weighted by atomic mass is 10.2. The van der Waals surface area contributed by atoms with Gasteiger partial charge in [-0.25, -0.2) is 0 Å². The van der Waals surface area contributed by atoms with E-state index < -0.39 is 0 Å². The van der Waals surface area contributed by atoms with Gasteiger partial charge in [0.15, 0.2) is 11.5 Å². The van der Waals surface area contributed by atoms with Crippen molar-refractivity contribution in [3.63, 3.8) is 0 Å². The number of methoxy groups -OCH3 is 1. The highest BCUT2D eigenvalue weighted by Gasteiger charge is 2.14. The first-order valence-electron chi connectivity index (χ1n) is 5.95. The largest absolute Gasteiger partial charge is 0.496 e. The Morgan fingerprint density at radius 1 is 1.16 bits per heavy atom. The molecule has 0 spiro atoms. The molecule has 0 bridgehead atoms. The van der Waals surface area contributed by atoms with E-state index in [1.54, 1.807) is 7.11 Å². The summed E-state index contributed by atoms with van der Waals surface area (Å²) in [5.41, 5.74) is 9.22. The minimum absolute atomic E-state index is 0.649. The Morgan fingerprint density at radius 2 is 1.95 bits per heavy atom. The van der Waals surface area contributed by atoms with Crippen molar-refractivity contribution in [1.29, 1.82) is 0 Å². The first-order chi connectivity index (χ1) is 9.22. The summed E-state index contributed by atoms with van der Waals surface area (Å²) in [5, 5.41) is 8.39. The minimum Gasteiger partial charge on any atom is -0.496 e. The van der Waals surface area contributed by atoms with E-state index in [2.05, 4.69) is 10.2 Å². The minimum atomic E-state index is 0.649. The van der Waals surface area contributed by atoms with Crippen molar-refractivity contribution in [2.45, 2.75) is 6.92 Å². The first-order valence-corrected chi connectivity index (χ1v) is 5.95. The monoisotopic (exact) mass is 254 g/mol. The van der Waals surface area contributed by atoms with E-state index in [4.69, 9.17) is 10.5 Å². The Bertz CT molecular complexity index is 748. The van der Waals surface area contributed by atoms with E-state index in [1.165, 1.54) is 0 Å². The SMILES string of the molecule is COc1ccccc1-c1nnc2c(N)c(C)ccn12. The molecule has 0 fully saturated rings. The number of nitrogens with two attached hydrogens (primary N) is 1. The predicted octanol–water partition coefficient (Wildman–Crippen LogP) is 2.30. The molecule has 1 aromatic carbocycles. The Kier molecular flexibility index (Phi) is 2.59. The van der Waals surface area contributed by atoms with Crippen molar-refractivity contribution in [3.05, 3.63) is 42.1 Å². The van der Waals surface area contributed by atoms with Gasteiger partial charge in [-0.3, -0.25) is 4.40 Å². The fourth-order valence-corrected chi connectivity index (χ4v) is 2.08. The van der Waals surface area contributed by atoms with Crippen LogP contribution in [0.15, 0.2) is 36.5 Å². The number of benzene rings is 1. The van der Waals surface area contributed by atoms with Gasteiger partial charge in [0.05, 0.1) is 18.4 Å². The van der Waals surface area contributed by atoms with Crippen LogP contribution in [0.1, 0.15) is 5.56 Å². The summed E-state index contributed by atoms with van der Waals surface area (Å²) in [6.45, 7) is 1.95. The predicted molar refractivity (Wildman–Crippen MR) is 74.1 cm³/mol. The van der Waals surface area contributed by atoms with E-state index in [0.717, 1.165) is 22.7 Å². The fraction of sp³-hybridized carbons (Fsp3) is 0.143. The van der Waals surface area contributed by atoms with Crippen molar-refractivity contribution >= 4 is 11.3 Å². The molecule has 0 atom stereocenters. The molecule has 3 rings (SSSR count). The molecular formula is C14H14N4O. The summed E-state index contributed by atoms with van der Waals surface area (Å²) in [4.78, 5) is 0. The second-order valence-electron chi connectivity index (χ2n) is 4.33. The summed E-state index contributed by atoms with van der Waals surface area (Å²) in [6, 6.07) is 9.66. The van der Waals surface area contributed by atoms with Gasteiger partial charge in [0.2, 0.25) is 0 Å². The number of ether oxygens (including phenoxy) is 1. The van der Waals surface area contributed by atoms with Gasteiger partial charge in [0.1, 0.15) is 5.75 Å². The molecular weight excluding hydrogens is 240 g/mol. The molecule has 0 amide bonds. The molecule has 0 unspecified atom stereocenters. The second kappa shape index (κ2) is 4.28. The zero-order valence-electron chi connectivity index (χ0n) is 10.8. The first kappa shape index (κ1) is 11.5. The molecule has 3 aromatic rings. The fourth-order valence-electron chi connectivity index (χ4n) is 2.08. The van der Waals surface area contributed by atoms with E-state index in [-0.39, 0.29) is 0 Å². The molecule has 2 aromatic heterocycles. The van der Waals surface area contributed by atoms with Gasteiger partial charge < -0.3 is 10.5 Å². The Hall–Kier alpha value is -2.56. The van der Waals surface area contributed by atoms with E-state index in [1.807, 2.05) is 47.9 Å². The van der Waals surface area contributed by atoms with Crippen LogP contribution in [0.2, 0.25) is 0 Å². The highest BCUT2D eigenvalue weighted by molar-refractivity contribution is 5.73. The number of aromatic nitrogens is 3.